The molecule has 170 valence electrons. The van der Waals surface area contributed by atoms with Crippen LogP contribution in [0.15, 0.2) is 30.5 Å². The lowest BCUT2D eigenvalue weighted by atomic mass is 9.98. The third kappa shape index (κ3) is 3.91. The number of anilines is 1. The number of amides is 1. The topological polar surface area (TPSA) is 77.5 Å². The average Bonchev–Trinajstić information content (AvgIpc) is 3.46. The minimum atomic E-state index is -0.600. The van der Waals surface area contributed by atoms with Gasteiger partial charge in [0.1, 0.15) is 11.6 Å². The molecule has 5 rings (SSSR count). The zero-order valence-corrected chi connectivity index (χ0v) is 19.1. The Morgan fingerprint density at radius 2 is 2.12 bits per heavy atom. The van der Waals surface area contributed by atoms with Gasteiger partial charge in [-0.1, -0.05) is 17.7 Å². The number of hydrogen-bond donors (Lipinski definition) is 0. The lowest BCUT2D eigenvalue weighted by Crippen LogP contribution is -2.39. The lowest BCUT2D eigenvalue weighted by molar-refractivity contribution is 0.0605. The molecule has 0 N–H and O–H groups in total. The van der Waals surface area contributed by atoms with E-state index in [9.17, 15) is 14.4 Å². The number of fused-ring (bicyclic) bond motifs is 1. The fourth-order valence-electron chi connectivity index (χ4n) is 4.87. The molecule has 0 bridgehead atoms. The van der Waals surface area contributed by atoms with Gasteiger partial charge < -0.3 is 9.80 Å². The molecule has 9 heteroatoms. The Morgan fingerprint density at radius 1 is 1.27 bits per heavy atom. The SMILES string of the molecule is Cc1cn2nc([C@@H]3CCCCN3C(=O)c3cccc(F)c3Cl)cc2nc1N1CCC(C#N)C1. The largest absolute Gasteiger partial charge is 0.355 e. The first-order chi connectivity index (χ1) is 16.0. The average molecular weight is 467 g/mol. The van der Waals surface area contributed by atoms with Crippen molar-refractivity contribution in [3.63, 3.8) is 0 Å². The van der Waals surface area contributed by atoms with Crippen LogP contribution in [0.5, 0.6) is 0 Å². The summed E-state index contributed by atoms with van der Waals surface area (Å²) in [6.45, 7) is 4.04. The number of carbonyl (C=O) groups is 1. The maximum Gasteiger partial charge on any atom is 0.256 e. The van der Waals surface area contributed by atoms with Crippen molar-refractivity contribution < 1.29 is 9.18 Å². The minimum absolute atomic E-state index is 0.0272. The van der Waals surface area contributed by atoms with Crippen LogP contribution in [0, 0.1) is 30.0 Å². The summed E-state index contributed by atoms with van der Waals surface area (Å²) in [5.41, 5.74) is 2.62. The fraction of sp³-hybridized carbons (Fsp3) is 0.417. The van der Waals surface area contributed by atoms with Crippen molar-refractivity contribution in [2.24, 2.45) is 5.92 Å². The van der Waals surface area contributed by atoms with E-state index in [0.717, 1.165) is 49.3 Å². The molecular formula is C24H24ClFN6O. The summed E-state index contributed by atoms with van der Waals surface area (Å²) in [7, 11) is 0. The van der Waals surface area contributed by atoms with Crippen LogP contribution in [0.1, 0.15) is 53.3 Å². The number of carbonyl (C=O) groups excluding carboxylic acids is 1. The highest BCUT2D eigenvalue weighted by Crippen LogP contribution is 2.34. The van der Waals surface area contributed by atoms with E-state index >= 15 is 0 Å². The van der Waals surface area contributed by atoms with Crippen molar-refractivity contribution >= 4 is 29.0 Å². The Morgan fingerprint density at radius 3 is 2.91 bits per heavy atom. The van der Waals surface area contributed by atoms with E-state index in [1.54, 1.807) is 15.5 Å². The van der Waals surface area contributed by atoms with E-state index in [-0.39, 0.29) is 28.5 Å². The van der Waals surface area contributed by atoms with Crippen molar-refractivity contribution in [1.82, 2.24) is 19.5 Å². The molecule has 2 saturated heterocycles. The first-order valence-electron chi connectivity index (χ1n) is 11.2. The van der Waals surface area contributed by atoms with Gasteiger partial charge in [0.25, 0.3) is 5.91 Å². The summed E-state index contributed by atoms with van der Waals surface area (Å²) in [5.74, 6) is 0.0106. The standard InChI is InChI=1S/C24H24ClFN6O/c1-15-13-32-21(28-23(15)30-10-8-16(12-27)14-30)11-19(29-32)20-7-2-3-9-31(20)24(33)17-5-4-6-18(26)22(17)25/h4-6,11,13,16,20H,2-3,7-10,14H2,1H3/t16?,20-/m0/s1. The number of nitrogens with zero attached hydrogens (tertiary/aromatic N) is 6. The van der Waals surface area contributed by atoms with Gasteiger partial charge in [0.15, 0.2) is 5.65 Å². The normalized spacial score (nSPS) is 20.9. The van der Waals surface area contributed by atoms with Crippen LogP contribution >= 0.6 is 11.6 Å². The Hall–Kier alpha value is -3.18. The second kappa shape index (κ2) is 8.64. The van der Waals surface area contributed by atoms with E-state index in [1.807, 2.05) is 19.2 Å². The summed E-state index contributed by atoms with van der Waals surface area (Å²) in [4.78, 5) is 22.0. The Balaban J connectivity index is 1.47. The Labute approximate surface area is 196 Å². The van der Waals surface area contributed by atoms with Gasteiger partial charge >= 0.3 is 0 Å². The molecule has 2 aliphatic heterocycles. The molecule has 2 aliphatic rings. The summed E-state index contributed by atoms with van der Waals surface area (Å²) >= 11 is 6.11. The predicted octanol–water partition coefficient (Wildman–Crippen LogP) is 4.55. The monoisotopic (exact) mass is 466 g/mol. The molecule has 2 aromatic heterocycles. The van der Waals surface area contributed by atoms with Crippen LogP contribution in [0.3, 0.4) is 0 Å². The molecule has 33 heavy (non-hydrogen) atoms. The van der Waals surface area contributed by atoms with Crippen LogP contribution in [0.25, 0.3) is 5.65 Å². The number of aryl methyl sites for hydroxylation is 1. The van der Waals surface area contributed by atoms with Crippen LogP contribution in [0.4, 0.5) is 10.2 Å². The van der Waals surface area contributed by atoms with E-state index in [0.29, 0.717) is 18.7 Å². The van der Waals surface area contributed by atoms with Gasteiger partial charge in [0.05, 0.1) is 34.3 Å². The van der Waals surface area contributed by atoms with Crippen molar-refractivity contribution in [2.75, 3.05) is 24.5 Å². The first-order valence-corrected chi connectivity index (χ1v) is 11.6. The molecule has 0 radical (unpaired) electrons. The maximum atomic E-state index is 14.0. The number of nitriles is 1. The third-order valence-electron chi connectivity index (χ3n) is 6.58. The fourth-order valence-corrected chi connectivity index (χ4v) is 5.07. The molecule has 2 fully saturated rings. The van der Waals surface area contributed by atoms with Crippen LogP contribution < -0.4 is 4.90 Å². The highest BCUT2D eigenvalue weighted by Gasteiger charge is 2.32. The molecule has 1 unspecified atom stereocenters. The number of rotatable bonds is 3. The molecule has 0 spiro atoms. The zero-order valence-electron chi connectivity index (χ0n) is 18.3. The lowest BCUT2D eigenvalue weighted by Gasteiger charge is -2.35. The highest BCUT2D eigenvalue weighted by atomic mass is 35.5. The van der Waals surface area contributed by atoms with Gasteiger partial charge in [0.2, 0.25) is 0 Å². The number of halogens is 2. The summed E-state index contributed by atoms with van der Waals surface area (Å²) < 4.78 is 15.7. The third-order valence-corrected chi connectivity index (χ3v) is 6.97. The number of likely N-dealkylation sites (tertiary alicyclic amines) is 1. The highest BCUT2D eigenvalue weighted by molar-refractivity contribution is 6.34. The Kier molecular flexibility index (Phi) is 5.67. The van der Waals surface area contributed by atoms with E-state index in [1.165, 1.54) is 12.1 Å². The quantitative estimate of drug-likeness (QED) is 0.566. The van der Waals surface area contributed by atoms with Crippen molar-refractivity contribution in [3.05, 3.63) is 58.1 Å². The second-order valence-corrected chi connectivity index (χ2v) is 9.17. The van der Waals surface area contributed by atoms with Crippen LogP contribution in [-0.2, 0) is 0 Å². The summed E-state index contributed by atoms with van der Waals surface area (Å²) in [6.07, 6.45) is 5.40. The molecule has 1 aromatic carbocycles. The van der Waals surface area contributed by atoms with Gasteiger partial charge in [-0.05, 0) is 44.7 Å². The van der Waals surface area contributed by atoms with Gasteiger partial charge in [-0.2, -0.15) is 10.4 Å². The number of aromatic nitrogens is 3. The predicted molar refractivity (Wildman–Crippen MR) is 123 cm³/mol. The number of hydrogen-bond acceptors (Lipinski definition) is 5. The van der Waals surface area contributed by atoms with Crippen LogP contribution in [-0.4, -0.2) is 45.0 Å². The van der Waals surface area contributed by atoms with Gasteiger partial charge in [-0.25, -0.2) is 13.9 Å². The smallest absolute Gasteiger partial charge is 0.256 e. The second-order valence-electron chi connectivity index (χ2n) is 8.79. The van der Waals surface area contributed by atoms with Gasteiger partial charge in [0, 0.05) is 37.5 Å². The Bertz CT molecular complexity index is 1270. The van der Waals surface area contributed by atoms with Crippen molar-refractivity contribution in [3.8, 4) is 6.07 Å². The van der Waals surface area contributed by atoms with E-state index in [4.69, 9.17) is 21.7 Å². The first kappa shape index (κ1) is 21.7. The van der Waals surface area contributed by atoms with Crippen molar-refractivity contribution in [1.29, 1.82) is 5.26 Å². The molecule has 2 atom stereocenters. The van der Waals surface area contributed by atoms with Crippen molar-refractivity contribution in [2.45, 2.75) is 38.6 Å². The molecule has 0 aliphatic carbocycles. The molecule has 1 amide bonds. The van der Waals surface area contributed by atoms with E-state index < -0.39 is 5.82 Å². The molecule has 3 aromatic rings. The van der Waals surface area contributed by atoms with E-state index in [2.05, 4.69) is 11.0 Å². The molecule has 0 saturated carbocycles. The van der Waals surface area contributed by atoms with Gasteiger partial charge in [-0.3, -0.25) is 4.79 Å². The molecule has 7 nitrogen and oxygen atoms in total. The molecular weight excluding hydrogens is 443 g/mol. The van der Waals surface area contributed by atoms with Gasteiger partial charge in [-0.15, -0.1) is 0 Å². The summed E-state index contributed by atoms with van der Waals surface area (Å²) in [6, 6.07) is 8.35. The number of benzene rings is 1. The summed E-state index contributed by atoms with van der Waals surface area (Å²) in [5, 5.41) is 13.8. The zero-order chi connectivity index (χ0) is 23.1. The number of piperidine rings is 1. The maximum absolute atomic E-state index is 14.0. The minimum Gasteiger partial charge on any atom is -0.355 e. The molecule has 4 heterocycles. The van der Waals surface area contributed by atoms with Crippen LogP contribution in [0.2, 0.25) is 5.02 Å².